The van der Waals surface area contributed by atoms with Crippen molar-refractivity contribution in [3.8, 4) is 21.9 Å². The van der Waals surface area contributed by atoms with Gasteiger partial charge >= 0.3 is 5.97 Å². The van der Waals surface area contributed by atoms with Gasteiger partial charge in [-0.3, -0.25) is 0 Å². The lowest BCUT2D eigenvalue weighted by Gasteiger charge is -2.19. The summed E-state index contributed by atoms with van der Waals surface area (Å²) >= 11 is 1.55. The third kappa shape index (κ3) is 5.02. The average Bonchev–Trinajstić information content (AvgIpc) is 3.15. The zero-order valence-corrected chi connectivity index (χ0v) is 19.3. The van der Waals surface area contributed by atoms with Crippen LogP contribution >= 0.6 is 11.3 Å². The van der Waals surface area contributed by atoms with E-state index in [4.69, 9.17) is 9.84 Å². The minimum absolute atomic E-state index is 0.0549. The number of hydrogen-bond acceptors (Lipinski definition) is 5. The predicted molar refractivity (Wildman–Crippen MR) is 135 cm³/mol. The second-order valence-electron chi connectivity index (χ2n) is 8.70. The van der Waals surface area contributed by atoms with Crippen molar-refractivity contribution in [3.63, 3.8) is 0 Å². The monoisotopic (exact) mass is 457 g/mol. The van der Waals surface area contributed by atoms with E-state index >= 15 is 0 Å². The molecule has 1 aromatic heterocycles. The number of hydrogen-bond donors (Lipinski definition) is 1. The van der Waals surface area contributed by atoms with Gasteiger partial charge in [-0.05, 0) is 63.7 Å². The van der Waals surface area contributed by atoms with Crippen LogP contribution in [0.15, 0.2) is 78.0 Å². The highest BCUT2D eigenvalue weighted by molar-refractivity contribution is 7.22. The van der Waals surface area contributed by atoms with Crippen molar-refractivity contribution in [2.45, 2.75) is 26.2 Å². The highest BCUT2D eigenvalue weighted by Crippen LogP contribution is 2.47. The van der Waals surface area contributed by atoms with E-state index in [0.29, 0.717) is 17.2 Å². The summed E-state index contributed by atoms with van der Waals surface area (Å²) in [5.74, 6) is 0.350. The van der Waals surface area contributed by atoms with Gasteiger partial charge in [-0.1, -0.05) is 57.2 Å². The predicted octanol–water partition coefficient (Wildman–Crippen LogP) is 8.15. The average molecular weight is 458 g/mol. The molecule has 0 atom stereocenters. The summed E-state index contributed by atoms with van der Waals surface area (Å²) in [6.07, 6.45) is 2.63. The Hall–Kier alpha value is -3.77. The number of carboxylic acid groups (broad SMARTS) is 1. The van der Waals surface area contributed by atoms with E-state index in [2.05, 4.69) is 50.2 Å². The van der Waals surface area contributed by atoms with Crippen LogP contribution in [0.1, 0.15) is 31.9 Å². The zero-order valence-electron chi connectivity index (χ0n) is 18.5. The van der Waals surface area contributed by atoms with Crippen molar-refractivity contribution in [1.82, 2.24) is 0 Å². The van der Waals surface area contributed by atoms with Gasteiger partial charge in [0, 0.05) is 16.2 Å². The standard InChI is InChI=1S/C27H23NO4S/c1-27(2,3)19-9-7-18(8-10-19)26-25(22-14-11-20(28-31)16-23(22)33-26)32-21-12-4-17(5-13-21)6-15-24(29)30/h4-16H,1-3H3,(H,29,30)/b15-6+. The lowest BCUT2D eigenvalue weighted by atomic mass is 9.86. The number of ether oxygens (including phenoxy) is 1. The van der Waals surface area contributed by atoms with Crippen molar-refractivity contribution < 1.29 is 14.6 Å². The number of nitrogens with zero attached hydrogens (tertiary/aromatic N) is 1. The summed E-state index contributed by atoms with van der Waals surface area (Å²) < 4.78 is 7.24. The van der Waals surface area contributed by atoms with Crippen molar-refractivity contribution >= 4 is 39.2 Å². The Morgan fingerprint density at radius 1 is 1.00 bits per heavy atom. The second kappa shape index (κ2) is 9.00. The molecule has 0 saturated carbocycles. The van der Waals surface area contributed by atoms with Gasteiger partial charge in [-0.25, -0.2) is 4.79 Å². The van der Waals surface area contributed by atoms with Crippen LogP contribution < -0.4 is 4.74 Å². The Bertz CT molecular complexity index is 1340. The second-order valence-corrected chi connectivity index (χ2v) is 9.75. The zero-order chi connectivity index (χ0) is 23.6. The summed E-state index contributed by atoms with van der Waals surface area (Å²) in [4.78, 5) is 22.7. The summed E-state index contributed by atoms with van der Waals surface area (Å²) in [5.41, 5.74) is 3.46. The SMILES string of the molecule is CC(C)(C)c1ccc(-c2sc3cc(N=O)ccc3c2Oc2ccc(/C=C/C(=O)O)cc2)cc1. The number of rotatable bonds is 6. The number of nitroso groups, excluding NO2 is 1. The van der Waals surface area contributed by atoms with Crippen molar-refractivity contribution in [2.24, 2.45) is 5.18 Å². The van der Waals surface area contributed by atoms with Crippen LogP contribution in [0.4, 0.5) is 5.69 Å². The summed E-state index contributed by atoms with van der Waals surface area (Å²) in [5, 5.41) is 12.8. The molecule has 1 N–H and O–H groups in total. The number of thiophene rings is 1. The smallest absolute Gasteiger partial charge is 0.328 e. The van der Waals surface area contributed by atoms with Crippen LogP contribution in [-0.2, 0) is 10.2 Å². The summed E-state index contributed by atoms with van der Waals surface area (Å²) in [7, 11) is 0. The fourth-order valence-electron chi connectivity index (χ4n) is 3.46. The Kier molecular flexibility index (Phi) is 6.11. The number of benzene rings is 3. The van der Waals surface area contributed by atoms with E-state index in [1.165, 1.54) is 11.6 Å². The van der Waals surface area contributed by atoms with Gasteiger partial charge in [0.15, 0.2) is 5.75 Å². The molecule has 33 heavy (non-hydrogen) atoms. The summed E-state index contributed by atoms with van der Waals surface area (Å²) in [6.45, 7) is 6.54. The lowest BCUT2D eigenvalue weighted by Crippen LogP contribution is -2.10. The molecule has 166 valence electrons. The van der Waals surface area contributed by atoms with E-state index in [0.717, 1.165) is 32.2 Å². The molecule has 0 spiro atoms. The third-order valence-electron chi connectivity index (χ3n) is 5.26. The van der Waals surface area contributed by atoms with E-state index in [1.54, 1.807) is 47.7 Å². The number of carboxylic acids is 1. The largest absolute Gasteiger partial charge is 0.478 e. The van der Waals surface area contributed by atoms with Crippen molar-refractivity contribution in [1.29, 1.82) is 0 Å². The maximum Gasteiger partial charge on any atom is 0.328 e. The number of aliphatic carboxylic acids is 1. The third-order valence-corrected chi connectivity index (χ3v) is 6.45. The van der Waals surface area contributed by atoms with Crippen LogP contribution in [0.2, 0.25) is 0 Å². The fraction of sp³-hybridized carbons (Fsp3) is 0.148. The van der Waals surface area contributed by atoms with E-state index in [9.17, 15) is 9.70 Å². The van der Waals surface area contributed by atoms with Gasteiger partial charge in [0.1, 0.15) is 11.4 Å². The first kappa shape index (κ1) is 22.4. The molecule has 5 nitrogen and oxygen atoms in total. The molecule has 4 rings (SSSR count). The molecule has 0 unspecified atom stereocenters. The van der Waals surface area contributed by atoms with Crippen LogP contribution in [0.25, 0.3) is 26.6 Å². The van der Waals surface area contributed by atoms with Gasteiger partial charge in [0.2, 0.25) is 0 Å². The maximum atomic E-state index is 11.0. The fourth-order valence-corrected chi connectivity index (χ4v) is 4.63. The molecule has 0 aliphatic rings. The van der Waals surface area contributed by atoms with Gasteiger partial charge < -0.3 is 9.84 Å². The molecular weight excluding hydrogens is 434 g/mol. The Morgan fingerprint density at radius 2 is 1.70 bits per heavy atom. The molecule has 1 heterocycles. The Labute approximate surface area is 195 Å². The quantitative estimate of drug-likeness (QED) is 0.234. The van der Waals surface area contributed by atoms with Gasteiger partial charge in [-0.15, -0.1) is 16.2 Å². The van der Waals surface area contributed by atoms with Crippen LogP contribution in [0.3, 0.4) is 0 Å². The first-order chi connectivity index (χ1) is 15.7. The Morgan fingerprint density at radius 3 is 2.30 bits per heavy atom. The van der Waals surface area contributed by atoms with Crippen LogP contribution in [0, 0.1) is 4.91 Å². The van der Waals surface area contributed by atoms with Crippen LogP contribution in [-0.4, -0.2) is 11.1 Å². The molecule has 0 bridgehead atoms. The molecule has 4 aromatic rings. The van der Waals surface area contributed by atoms with E-state index < -0.39 is 5.97 Å². The minimum Gasteiger partial charge on any atom is -0.478 e. The van der Waals surface area contributed by atoms with Crippen LogP contribution in [0.5, 0.6) is 11.5 Å². The highest BCUT2D eigenvalue weighted by Gasteiger charge is 2.19. The lowest BCUT2D eigenvalue weighted by molar-refractivity contribution is -0.131. The molecule has 0 aliphatic heterocycles. The van der Waals surface area contributed by atoms with Gasteiger partial charge in [-0.2, -0.15) is 0 Å². The molecule has 0 amide bonds. The molecular formula is C27H23NO4S. The number of fused-ring (bicyclic) bond motifs is 1. The minimum atomic E-state index is -0.994. The molecule has 0 saturated heterocycles. The number of carbonyl (C=O) groups is 1. The first-order valence-electron chi connectivity index (χ1n) is 10.4. The molecule has 6 heteroatoms. The van der Waals surface area contributed by atoms with Crippen molar-refractivity contribution in [2.75, 3.05) is 0 Å². The summed E-state index contributed by atoms with van der Waals surface area (Å²) in [6, 6.07) is 21.0. The topological polar surface area (TPSA) is 76.0 Å². The maximum absolute atomic E-state index is 11.0. The van der Waals surface area contributed by atoms with Gasteiger partial charge in [0.05, 0.1) is 4.88 Å². The van der Waals surface area contributed by atoms with Crippen molar-refractivity contribution in [3.05, 3.63) is 88.8 Å². The molecule has 0 radical (unpaired) electrons. The molecule has 0 fully saturated rings. The molecule has 3 aromatic carbocycles. The van der Waals surface area contributed by atoms with E-state index in [1.807, 2.05) is 6.07 Å². The van der Waals surface area contributed by atoms with E-state index in [-0.39, 0.29) is 5.41 Å². The highest BCUT2D eigenvalue weighted by atomic mass is 32.1. The normalized spacial score (nSPS) is 11.7. The first-order valence-corrected chi connectivity index (χ1v) is 11.3. The molecule has 0 aliphatic carbocycles. The Balaban J connectivity index is 1.76. The van der Waals surface area contributed by atoms with Gasteiger partial charge in [0.25, 0.3) is 0 Å².